The van der Waals surface area contributed by atoms with Crippen LogP contribution in [0.1, 0.15) is 32.3 Å². The van der Waals surface area contributed by atoms with Crippen LogP contribution in [0.3, 0.4) is 0 Å². The fraction of sp³-hybridized carbons (Fsp3) is 0.571. The van der Waals surface area contributed by atoms with Crippen molar-refractivity contribution >= 4 is 15.9 Å². The maximum absolute atomic E-state index is 5.69. The minimum absolute atomic E-state index is 0.579. The first-order valence-corrected chi connectivity index (χ1v) is 7.05. The van der Waals surface area contributed by atoms with Crippen LogP contribution in [0, 0.1) is 6.92 Å². The number of rotatable bonds is 7. The van der Waals surface area contributed by atoms with Crippen LogP contribution in [-0.4, -0.2) is 19.2 Å². The average molecular weight is 300 g/mol. The van der Waals surface area contributed by atoms with Gasteiger partial charge in [0.25, 0.3) is 0 Å². The van der Waals surface area contributed by atoms with E-state index in [1.54, 1.807) is 0 Å². The molecular formula is C14H22BrNO. The van der Waals surface area contributed by atoms with Gasteiger partial charge in [-0.2, -0.15) is 0 Å². The van der Waals surface area contributed by atoms with E-state index in [0.29, 0.717) is 6.04 Å². The van der Waals surface area contributed by atoms with Crippen molar-refractivity contribution in [2.75, 3.05) is 13.2 Å². The quantitative estimate of drug-likeness (QED) is 0.771. The van der Waals surface area contributed by atoms with Crippen molar-refractivity contribution < 1.29 is 4.74 Å². The summed E-state index contributed by atoms with van der Waals surface area (Å²) in [5.41, 5.74) is 1.20. The minimum Gasteiger partial charge on any atom is -0.492 e. The summed E-state index contributed by atoms with van der Waals surface area (Å²) < 4.78 is 6.81. The lowest BCUT2D eigenvalue weighted by molar-refractivity contribution is 0.304. The summed E-state index contributed by atoms with van der Waals surface area (Å²) in [6.45, 7) is 8.11. The summed E-state index contributed by atoms with van der Waals surface area (Å²) in [7, 11) is 0. The Bertz CT molecular complexity index is 341. The van der Waals surface area contributed by atoms with Gasteiger partial charge in [0.15, 0.2) is 0 Å². The van der Waals surface area contributed by atoms with Crippen molar-refractivity contribution in [2.24, 2.45) is 0 Å². The smallest absolute Gasteiger partial charge is 0.119 e. The zero-order chi connectivity index (χ0) is 12.7. The summed E-state index contributed by atoms with van der Waals surface area (Å²) in [5.74, 6) is 0.940. The molecule has 1 unspecified atom stereocenters. The van der Waals surface area contributed by atoms with E-state index in [2.05, 4.69) is 48.1 Å². The van der Waals surface area contributed by atoms with Crippen molar-refractivity contribution in [3.63, 3.8) is 0 Å². The monoisotopic (exact) mass is 299 g/mol. The Kier molecular flexibility index (Phi) is 6.60. The second-order valence-electron chi connectivity index (χ2n) is 4.40. The van der Waals surface area contributed by atoms with Gasteiger partial charge in [0.2, 0.25) is 0 Å². The Labute approximate surface area is 113 Å². The number of benzene rings is 1. The van der Waals surface area contributed by atoms with E-state index in [9.17, 15) is 0 Å². The lowest BCUT2D eigenvalue weighted by Gasteiger charge is -2.13. The summed E-state index contributed by atoms with van der Waals surface area (Å²) in [4.78, 5) is 0. The van der Waals surface area contributed by atoms with E-state index in [4.69, 9.17) is 4.74 Å². The topological polar surface area (TPSA) is 21.3 Å². The van der Waals surface area contributed by atoms with Crippen molar-refractivity contribution in [1.29, 1.82) is 0 Å². The van der Waals surface area contributed by atoms with Crippen LogP contribution in [0.2, 0.25) is 0 Å². The molecule has 2 nitrogen and oxygen atoms in total. The molecule has 0 heterocycles. The molecule has 0 bridgehead atoms. The third-order valence-corrected chi connectivity index (χ3v) is 3.60. The molecule has 0 fully saturated rings. The number of aryl methyl sites for hydroxylation is 1. The van der Waals surface area contributed by atoms with E-state index in [-0.39, 0.29) is 0 Å². The standard InChI is InChI=1S/C14H22BrNO/c1-4-5-12(3)16-8-9-17-13-6-7-14(15)11(2)10-13/h6-7,10,12,16H,4-5,8-9H2,1-3H3. The lowest BCUT2D eigenvalue weighted by atomic mass is 10.2. The predicted molar refractivity (Wildman–Crippen MR) is 76.7 cm³/mol. The van der Waals surface area contributed by atoms with Gasteiger partial charge in [0.05, 0.1) is 0 Å². The number of ether oxygens (including phenoxy) is 1. The van der Waals surface area contributed by atoms with Crippen molar-refractivity contribution in [3.05, 3.63) is 28.2 Å². The molecule has 0 amide bonds. The maximum atomic E-state index is 5.69. The van der Waals surface area contributed by atoms with E-state index >= 15 is 0 Å². The van der Waals surface area contributed by atoms with E-state index in [1.165, 1.54) is 18.4 Å². The molecule has 1 aromatic carbocycles. The molecule has 0 spiro atoms. The molecule has 0 aliphatic carbocycles. The van der Waals surface area contributed by atoms with Crippen molar-refractivity contribution in [2.45, 2.75) is 39.7 Å². The van der Waals surface area contributed by atoms with Gasteiger partial charge >= 0.3 is 0 Å². The number of nitrogens with one attached hydrogen (secondary N) is 1. The zero-order valence-corrected chi connectivity index (χ0v) is 12.5. The second kappa shape index (κ2) is 7.72. The van der Waals surface area contributed by atoms with E-state index in [1.807, 2.05) is 12.1 Å². The first-order chi connectivity index (χ1) is 8.13. The molecule has 0 aromatic heterocycles. The first-order valence-electron chi connectivity index (χ1n) is 6.25. The third-order valence-electron chi connectivity index (χ3n) is 2.71. The highest BCUT2D eigenvalue weighted by atomic mass is 79.9. The molecule has 3 heteroatoms. The molecule has 0 aliphatic rings. The second-order valence-corrected chi connectivity index (χ2v) is 5.26. The highest BCUT2D eigenvalue weighted by Crippen LogP contribution is 2.21. The van der Waals surface area contributed by atoms with Gasteiger partial charge in [-0.3, -0.25) is 0 Å². The molecule has 0 saturated carbocycles. The van der Waals surface area contributed by atoms with Crippen LogP contribution in [-0.2, 0) is 0 Å². The number of halogens is 1. The van der Waals surface area contributed by atoms with E-state index < -0.39 is 0 Å². The maximum Gasteiger partial charge on any atom is 0.119 e. The van der Waals surface area contributed by atoms with Gasteiger partial charge in [-0.1, -0.05) is 29.3 Å². The first kappa shape index (κ1) is 14.5. The van der Waals surface area contributed by atoms with Crippen LogP contribution < -0.4 is 10.1 Å². The number of hydrogen-bond acceptors (Lipinski definition) is 2. The molecule has 17 heavy (non-hydrogen) atoms. The van der Waals surface area contributed by atoms with Gasteiger partial charge in [0, 0.05) is 17.1 Å². The Balaban J connectivity index is 2.24. The molecule has 0 radical (unpaired) electrons. The summed E-state index contributed by atoms with van der Waals surface area (Å²) in [5, 5.41) is 3.45. The zero-order valence-electron chi connectivity index (χ0n) is 10.9. The van der Waals surface area contributed by atoms with Crippen LogP contribution in [0.15, 0.2) is 22.7 Å². The highest BCUT2D eigenvalue weighted by molar-refractivity contribution is 9.10. The summed E-state index contributed by atoms with van der Waals surface area (Å²) >= 11 is 3.48. The SMILES string of the molecule is CCCC(C)NCCOc1ccc(Br)c(C)c1. The molecule has 0 aliphatic heterocycles. The van der Waals surface area contributed by atoms with Gasteiger partial charge in [-0.15, -0.1) is 0 Å². The number of hydrogen-bond donors (Lipinski definition) is 1. The molecule has 1 aromatic rings. The van der Waals surface area contributed by atoms with Crippen LogP contribution in [0.5, 0.6) is 5.75 Å². The van der Waals surface area contributed by atoms with E-state index in [0.717, 1.165) is 23.4 Å². The van der Waals surface area contributed by atoms with Crippen LogP contribution in [0.25, 0.3) is 0 Å². The summed E-state index contributed by atoms with van der Waals surface area (Å²) in [6.07, 6.45) is 2.44. The fourth-order valence-electron chi connectivity index (χ4n) is 1.72. The van der Waals surface area contributed by atoms with Crippen LogP contribution in [0.4, 0.5) is 0 Å². The average Bonchev–Trinajstić information content (AvgIpc) is 2.29. The largest absolute Gasteiger partial charge is 0.492 e. The molecule has 1 rings (SSSR count). The Hall–Kier alpha value is -0.540. The summed E-state index contributed by atoms with van der Waals surface area (Å²) in [6, 6.07) is 6.65. The van der Waals surface area contributed by atoms with Gasteiger partial charge < -0.3 is 10.1 Å². The molecule has 96 valence electrons. The minimum atomic E-state index is 0.579. The Morgan fingerprint density at radius 3 is 2.82 bits per heavy atom. The van der Waals surface area contributed by atoms with Crippen molar-refractivity contribution in [3.8, 4) is 5.75 Å². The Morgan fingerprint density at radius 1 is 1.41 bits per heavy atom. The Morgan fingerprint density at radius 2 is 2.18 bits per heavy atom. The lowest BCUT2D eigenvalue weighted by Crippen LogP contribution is -2.29. The third kappa shape index (κ3) is 5.55. The fourth-order valence-corrected chi connectivity index (χ4v) is 1.96. The highest BCUT2D eigenvalue weighted by Gasteiger charge is 2.00. The van der Waals surface area contributed by atoms with Gasteiger partial charge in [0.1, 0.15) is 12.4 Å². The molecular weight excluding hydrogens is 278 g/mol. The predicted octanol–water partition coefficient (Wildman–Crippen LogP) is 3.91. The molecule has 0 saturated heterocycles. The molecule has 1 N–H and O–H groups in total. The van der Waals surface area contributed by atoms with Gasteiger partial charge in [-0.25, -0.2) is 0 Å². The van der Waals surface area contributed by atoms with Crippen LogP contribution >= 0.6 is 15.9 Å². The van der Waals surface area contributed by atoms with Crippen molar-refractivity contribution in [1.82, 2.24) is 5.32 Å². The van der Waals surface area contributed by atoms with Gasteiger partial charge in [-0.05, 0) is 44.0 Å². The normalized spacial score (nSPS) is 12.5. The molecule has 1 atom stereocenters.